The fraction of sp³-hybridized carbons (Fsp3) is 0.981. The van der Waals surface area contributed by atoms with Crippen LogP contribution in [-0.2, 0) is 4.79 Å². The Hall–Kier alpha value is -0.650. The third-order valence-corrected chi connectivity index (χ3v) is 13.0. The molecule has 0 bridgehead atoms. The van der Waals surface area contributed by atoms with Crippen LogP contribution in [0.3, 0.4) is 0 Å². The van der Waals surface area contributed by atoms with Crippen LogP contribution in [0.25, 0.3) is 0 Å². The Morgan fingerprint density at radius 2 is 0.552 bits per heavy atom. The van der Waals surface area contributed by atoms with Crippen molar-refractivity contribution in [3.8, 4) is 0 Å². The number of hydrogen-bond donors (Lipinski definition) is 4. The van der Waals surface area contributed by atoms with Crippen molar-refractivity contribution in [3.05, 3.63) is 0 Å². The second kappa shape index (κ2) is 49.0. The van der Waals surface area contributed by atoms with Crippen molar-refractivity contribution >= 4 is 5.91 Å². The summed E-state index contributed by atoms with van der Waals surface area (Å²) in [4.78, 5) is 12.5. The van der Waals surface area contributed by atoms with Gasteiger partial charge >= 0.3 is 0 Å². The fourth-order valence-corrected chi connectivity index (χ4v) is 8.78. The first kappa shape index (κ1) is 57.3. The molecule has 0 heterocycles. The van der Waals surface area contributed by atoms with Crippen molar-refractivity contribution in [2.24, 2.45) is 0 Å². The molecule has 0 aliphatic rings. The summed E-state index contributed by atoms with van der Waals surface area (Å²) < 4.78 is 0. The summed E-state index contributed by atoms with van der Waals surface area (Å²) in [6.07, 6.45) is 58.8. The summed E-state index contributed by atoms with van der Waals surface area (Å²) in [7, 11) is 0. The lowest BCUT2D eigenvalue weighted by Crippen LogP contribution is -2.49. The minimum absolute atomic E-state index is 0.308. The standard InChI is InChI=1S/C53H107NO4/c1-3-5-7-9-11-13-15-16-17-18-19-20-21-22-23-24-25-26-27-28-29-30-31-32-33-34-35-36-37-38-40-42-44-46-48-52(57)53(58)54-50(49-55)51(56)47-45-43-41-39-14-12-10-8-6-4-2/h50-52,55-57H,3-49H2,1-2H3,(H,54,58). The Kier molecular flexibility index (Phi) is 48.5. The van der Waals surface area contributed by atoms with Gasteiger partial charge in [0, 0.05) is 0 Å². The van der Waals surface area contributed by atoms with Crippen LogP contribution in [-0.4, -0.2) is 46.1 Å². The number of nitrogens with one attached hydrogen (secondary N) is 1. The van der Waals surface area contributed by atoms with Gasteiger partial charge in [-0.15, -0.1) is 0 Å². The number of carbonyl (C=O) groups excluding carboxylic acids is 1. The maximum Gasteiger partial charge on any atom is 0.249 e. The maximum atomic E-state index is 12.5. The van der Waals surface area contributed by atoms with Crippen LogP contribution in [0.5, 0.6) is 0 Å². The first-order valence-electron chi connectivity index (χ1n) is 26.8. The van der Waals surface area contributed by atoms with E-state index in [0.717, 1.165) is 32.1 Å². The molecule has 0 aliphatic heterocycles. The molecule has 0 aromatic carbocycles. The molecule has 0 aliphatic carbocycles. The predicted molar refractivity (Wildman–Crippen MR) is 255 cm³/mol. The summed E-state index contributed by atoms with van der Waals surface area (Å²) in [5, 5.41) is 33.3. The summed E-state index contributed by atoms with van der Waals surface area (Å²) in [5.41, 5.74) is 0. The molecule has 0 spiro atoms. The minimum Gasteiger partial charge on any atom is -0.394 e. The molecule has 4 N–H and O–H groups in total. The van der Waals surface area contributed by atoms with Gasteiger partial charge in [0.1, 0.15) is 6.10 Å². The topological polar surface area (TPSA) is 89.8 Å². The van der Waals surface area contributed by atoms with Crippen molar-refractivity contribution in [2.75, 3.05) is 6.61 Å². The lowest BCUT2D eigenvalue weighted by Gasteiger charge is -2.23. The lowest BCUT2D eigenvalue weighted by atomic mass is 10.0. The van der Waals surface area contributed by atoms with Crippen LogP contribution in [0.1, 0.15) is 309 Å². The number of aliphatic hydroxyl groups excluding tert-OH is 3. The summed E-state index contributed by atoms with van der Waals surface area (Å²) in [6, 6.07) is -0.705. The van der Waals surface area contributed by atoms with E-state index in [9.17, 15) is 20.1 Å². The Morgan fingerprint density at radius 3 is 0.776 bits per heavy atom. The van der Waals surface area contributed by atoms with Crippen LogP contribution in [0.2, 0.25) is 0 Å². The van der Waals surface area contributed by atoms with E-state index < -0.39 is 24.2 Å². The molecule has 58 heavy (non-hydrogen) atoms. The first-order chi connectivity index (χ1) is 28.6. The van der Waals surface area contributed by atoms with Crippen LogP contribution < -0.4 is 5.32 Å². The van der Waals surface area contributed by atoms with E-state index in [1.165, 1.54) is 250 Å². The average Bonchev–Trinajstić information content (AvgIpc) is 3.23. The molecule has 0 saturated carbocycles. The number of hydrogen-bond acceptors (Lipinski definition) is 4. The molecular weight excluding hydrogens is 715 g/mol. The third-order valence-electron chi connectivity index (χ3n) is 13.0. The van der Waals surface area contributed by atoms with Gasteiger partial charge < -0.3 is 20.6 Å². The van der Waals surface area contributed by atoms with Crippen molar-refractivity contribution < 1.29 is 20.1 Å². The second-order valence-electron chi connectivity index (χ2n) is 18.8. The maximum absolute atomic E-state index is 12.5. The average molecular weight is 822 g/mol. The third kappa shape index (κ3) is 43.4. The van der Waals surface area contributed by atoms with E-state index in [0.29, 0.717) is 12.8 Å². The van der Waals surface area contributed by atoms with Crippen LogP contribution in [0.15, 0.2) is 0 Å². The van der Waals surface area contributed by atoms with Gasteiger partial charge in [0.25, 0.3) is 0 Å². The summed E-state index contributed by atoms with van der Waals surface area (Å²) in [6.45, 7) is 4.24. The highest BCUT2D eigenvalue weighted by Gasteiger charge is 2.23. The highest BCUT2D eigenvalue weighted by molar-refractivity contribution is 5.80. The van der Waals surface area contributed by atoms with Gasteiger partial charge in [0.15, 0.2) is 0 Å². The van der Waals surface area contributed by atoms with E-state index in [4.69, 9.17) is 0 Å². The molecule has 3 atom stereocenters. The predicted octanol–water partition coefficient (Wildman–Crippen LogP) is 16.2. The molecule has 1 amide bonds. The molecule has 5 nitrogen and oxygen atoms in total. The van der Waals surface area contributed by atoms with Gasteiger partial charge in [0.05, 0.1) is 18.8 Å². The summed E-state index contributed by atoms with van der Waals surface area (Å²) in [5.74, 6) is -0.466. The molecule has 0 aromatic heterocycles. The van der Waals surface area contributed by atoms with Gasteiger partial charge in [-0.05, 0) is 12.8 Å². The minimum atomic E-state index is -1.07. The van der Waals surface area contributed by atoms with E-state index in [2.05, 4.69) is 19.2 Å². The molecule has 5 heteroatoms. The smallest absolute Gasteiger partial charge is 0.249 e. The molecule has 0 rings (SSSR count). The number of aliphatic hydroxyl groups is 3. The molecule has 0 aromatic rings. The SMILES string of the molecule is CCCCCCCCCCCCCCCCCCCCCCCCCCCCCCCCCCCCC(O)C(=O)NC(CO)C(O)CCCCCCCCCCCC. The molecule has 348 valence electrons. The van der Waals surface area contributed by atoms with Gasteiger partial charge in [-0.1, -0.05) is 296 Å². The number of unbranched alkanes of at least 4 members (excludes halogenated alkanes) is 42. The fourth-order valence-electron chi connectivity index (χ4n) is 8.78. The quantitative estimate of drug-likeness (QED) is 0.0460. The van der Waals surface area contributed by atoms with Crippen molar-refractivity contribution in [2.45, 2.75) is 327 Å². The molecule has 0 saturated heterocycles. The van der Waals surface area contributed by atoms with E-state index >= 15 is 0 Å². The van der Waals surface area contributed by atoms with Gasteiger partial charge in [0.2, 0.25) is 5.91 Å². The molecule has 3 unspecified atom stereocenters. The molecule has 0 radical (unpaired) electrons. The largest absolute Gasteiger partial charge is 0.394 e. The normalized spacial score (nSPS) is 13.3. The monoisotopic (exact) mass is 822 g/mol. The van der Waals surface area contributed by atoms with Crippen LogP contribution >= 0.6 is 0 Å². The Bertz CT molecular complexity index is 777. The Morgan fingerprint density at radius 1 is 0.345 bits per heavy atom. The van der Waals surface area contributed by atoms with Gasteiger partial charge in [-0.2, -0.15) is 0 Å². The van der Waals surface area contributed by atoms with Crippen molar-refractivity contribution in [1.29, 1.82) is 0 Å². The van der Waals surface area contributed by atoms with E-state index in [1.807, 2.05) is 0 Å². The molecular formula is C53H107NO4. The van der Waals surface area contributed by atoms with Crippen LogP contribution in [0, 0.1) is 0 Å². The number of rotatable bonds is 50. The zero-order chi connectivity index (χ0) is 42.3. The van der Waals surface area contributed by atoms with Crippen LogP contribution in [0.4, 0.5) is 0 Å². The molecule has 0 fully saturated rings. The second-order valence-corrected chi connectivity index (χ2v) is 18.8. The van der Waals surface area contributed by atoms with Gasteiger partial charge in [-0.25, -0.2) is 0 Å². The highest BCUT2D eigenvalue weighted by Crippen LogP contribution is 2.18. The van der Waals surface area contributed by atoms with E-state index in [-0.39, 0.29) is 6.61 Å². The Balaban J connectivity index is 3.38. The van der Waals surface area contributed by atoms with Crippen molar-refractivity contribution in [3.63, 3.8) is 0 Å². The highest BCUT2D eigenvalue weighted by atomic mass is 16.3. The van der Waals surface area contributed by atoms with Crippen molar-refractivity contribution in [1.82, 2.24) is 5.32 Å². The lowest BCUT2D eigenvalue weighted by molar-refractivity contribution is -0.131. The zero-order valence-corrected chi connectivity index (χ0v) is 39.7. The van der Waals surface area contributed by atoms with E-state index in [1.54, 1.807) is 0 Å². The van der Waals surface area contributed by atoms with Gasteiger partial charge in [-0.3, -0.25) is 4.79 Å². The Labute approximate surface area is 364 Å². The number of carbonyl (C=O) groups is 1. The zero-order valence-electron chi connectivity index (χ0n) is 39.7. The first-order valence-corrected chi connectivity index (χ1v) is 26.8. The summed E-state index contributed by atoms with van der Waals surface area (Å²) >= 11 is 0. The number of amides is 1.